The molecule has 6 heteroatoms. The van der Waals surface area contributed by atoms with E-state index in [-0.39, 0.29) is 6.42 Å². The SMILES string of the molecule is COC(=O)C[C@@H](N)[C@H](C(=O)O)[C@H](C)O. The second-order valence-corrected chi connectivity index (χ2v) is 3.05. The van der Waals surface area contributed by atoms with Crippen molar-refractivity contribution >= 4 is 11.9 Å². The topological polar surface area (TPSA) is 110 Å². The summed E-state index contributed by atoms with van der Waals surface area (Å²) in [4.78, 5) is 21.5. The lowest BCUT2D eigenvalue weighted by molar-refractivity contribution is -0.148. The average Bonchev–Trinajstić information content (AvgIpc) is 2.02. The first-order valence-electron chi connectivity index (χ1n) is 4.13. The number of ether oxygens (including phenoxy) is 1. The van der Waals surface area contributed by atoms with E-state index in [1.807, 2.05) is 0 Å². The Morgan fingerprint density at radius 1 is 1.50 bits per heavy atom. The van der Waals surface area contributed by atoms with E-state index in [9.17, 15) is 9.59 Å². The molecule has 0 spiro atoms. The van der Waals surface area contributed by atoms with Crippen molar-refractivity contribution in [2.24, 2.45) is 11.7 Å². The first-order valence-corrected chi connectivity index (χ1v) is 4.13. The largest absolute Gasteiger partial charge is 0.481 e. The number of carboxylic acid groups (broad SMARTS) is 1. The number of methoxy groups -OCH3 is 1. The van der Waals surface area contributed by atoms with Crippen LogP contribution in [0.1, 0.15) is 13.3 Å². The molecule has 0 amide bonds. The van der Waals surface area contributed by atoms with Crippen LogP contribution in [0.15, 0.2) is 0 Å². The van der Waals surface area contributed by atoms with Crippen LogP contribution in [-0.4, -0.2) is 41.4 Å². The van der Waals surface area contributed by atoms with E-state index >= 15 is 0 Å². The molecule has 0 aromatic rings. The molecule has 3 atom stereocenters. The van der Waals surface area contributed by atoms with Crippen LogP contribution in [0.25, 0.3) is 0 Å². The minimum atomic E-state index is -1.23. The van der Waals surface area contributed by atoms with Gasteiger partial charge in [-0.15, -0.1) is 0 Å². The van der Waals surface area contributed by atoms with Gasteiger partial charge in [0.25, 0.3) is 0 Å². The van der Waals surface area contributed by atoms with Crippen LogP contribution in [0, 0.1) is 5.92 Å². The molecule has 14 heavy (non-hydrogen) atoms. The first-order chi connectivity index (χ1) is 6.40. The van der Waals surface area contributed by atoms with Gasteiger partial charge in [0.15, 0.2) is 0 Å². The lowest BCUT2D eigenvalue weighted by atomic mass is 9.93. The van der Waals surface area contributed by atoms with Gasteiger partial charge in [-0.3, -0.25) is 9.59 Å². The summed E-state index contributed by atoms with van der Waals surface area (Å²) in [7, 11) is 1.19. The Bertz CT molecular complexity index is 216. The summed E-state index contributed by atoms with van der Waals surface area (Å²) in [5.41, 5.74) is 5.45. The Balaban J connectivity index is 4.37. The van der Waals surface area contributed by atoms with Gasteiger partial charge in [-0.2, -0.15) is 0 Å². The number of aliphatic carboxylic acids is 1. The Morgan fingerprint density at radius 2 is 2.00 bits per heavy atom. The number of carboxylic acids is 1. The molecule has 0 unspecified atom stereocenters. The fourth-order valence-electron chi connectivity index (χ4n) is 1.15. The molecule has 82 valence electrons. The molecule has 0 aliphatic carbocycles. The number of hydrogen-bond donors (Lipinski definition) is 3. The predicted molar refractivity (Wildman–Crippen MR) is 47.4 cm³/mol. The zero-order valence-electron chi connectivity index (χ0n) is 8.14. The van der Waals surface area contributed by atoms with Crippen LogP contribution in [0.5, 0.6) is 0 Å². The number of aliphatic hydroxyl groups excluding tert-OH is 1. The zero-order chi connectivity index (χ0) is 11.3. The highest BCUT2D eigenvalue weighted by molar-refractivity contribution is 5.75. The molecular formula is C8H15NO5. The van der Waals surface area contributed by atoms with E-state index in [0.29, 0.717) is 0 Å². The summed E-state index contributed by atoms with van der Waals surface area (Å²) in [6, 6.07) is -0.944. The van der Waals surface area contributed by atoms with Crippen LogP contribution in [0.4, 0.5) is 0 Å². The third-order valence-electron chi connectivity index (χ3n) is 1.90. The monoisotopic (exact) mass is 205 g/mol. The van der Waals surface area contributed by atoms with Crippen LogP contribution in [-0.2, 0) is 14.3 Å². The molecule has 0 aromatic carbocycles. The fraction of sp³-hybridized carbons (Fsp3) is 0.750. The summed E-state index contributed by atoms with van der Waals surface area (Å²) in [5.74, 6) is -2.98. The maximum absolute atomic E-state index is 10.8. The number of esters is 1. The van der Waals surface area contributed by atoms with Gasteiger partial charge in [-0.1, -0.05) is 0 Å². The van der Waals surface area contributed by atoms with E-state index in [1.54, 1.807) is 0 Å². The van der Waals surface area contributed by atoms with Crippen molar-refractivity contribution < 1.29 is 24.5 Å². The summed E-state index contributed by atoms with van der Waals surface area (Å²) in [6.07, 6.45) is -1.33. The van der Waals surface area contributed by atoms with Crippen LogP contribution in [0.3, 0.4) is 0 Å². The van der Waals surface area contributed by atoms with Gasteiger partial charge in [0, 0.05) is 6.04 Å². The number of carbonyl (C=O) groups excluding carboxylic acids is 1. The first kappa shape index (κ1) is 12.9. The van der Waals surface area contributed by atoms with Crippen LogP contribution < -0.4 is 5.73 Å². The molecule has 0 saturated carbocycles. The van der Waals surface area contributed by atoms with Gasteiger partial charge in [-0.25, -0.2) is 0 Å². The predicted octanol–water partition coefficient (Wildman–Crippen LogP) is -1.04. The van der Waals surface area contributed by atoms with Crippen molar-refractivity contribution in [1.29, 1.82) is 0 Å². The minimum Gasteiger partial charge on any atom is -0.481 e. The fourth-order valence-corrected chi connectivity index (χ4v) is 1.15. The molecule has 0 rings (SSSR count). The summed E-state index contributed by atoms with van der Waals surface area (Å²) in [5, 5.41) is 17.8. The third-order valence-corrected chi connectivity index (χ3v) is 1.90. The van der Waals surface area contributed by atoms with Crippen LogP contribution >= 0.6 is 0 Å². The van der Waals surface area contributed by atoms with E-state index in [0.717, 1.165) is 0 Å². The van der Waals surface area contributed by atoms with Gasteiger partial charge in [0.05, 0.1) is 25.6 Å². The van der Waals surface area contributed by atoms with Crippen molar-refractivity contribution in [3.8, 4) is 0 Å². The Kier molecular flexibility index (Phi) is 5.11. The average molecular weight is 205 g/mol. The minimum absolute atomic E-state index is 0.224. The molecule has 0 heterocycles. The van der Waals surface area contributed by atoms with E-state index in [1.165, 1.54) is 14.0 Å². The number of rotatable bonds is 5. The number of nitrogens with two attached hydrogens (primary N) is 1. The number of carbonyl (C=O) groups is 2. The zero-order valence-corrected chi connectivity index (χ0v) is 8.14. The smallest absolute Gasteiger partial charge is 0.310 e. The second-order valence-electron chi connectivity index (χ2n) is 3.05. The second kappa shape index (κ2) is 5.56. The molecule has 6 nitrogen and oxygen atoms in total. The van der Waals surface area contributed by atoms with Crippen molar-refractivity contribution in [3.05, 3.63) is 0 Å². The summed E-state index contributed by atoms with van der Waals surface area (Å²) < 4.78 is 4.34. The van der Waals surface area contributed by atoms with E-state index in [4.69, 9.17) is 15.9 Å². The lowest BCUT2D eigenvalue weighted by Gasteiger charge is -2.21. The number of aliphatic hydroxyl groups is 1. The molecule has 0 aliphatic rings. The molecule has 0 aliphatic heterocycles. The highest BCUT2D eigenvalue weighted by atomic mass is 16.5. The third kappa shape index (κ3) is 3.71. The van der Waals surface area contributed by atoms with Gasteiger partial charge in [0.2, 0.25) is 0 Å². The van der Waals surface area contributed by atoms with Crippen molar-refractivity contribution in [2.75, 3.05) is 7.11 Å². The van der Waals surface area contributed by atoms with Crippen molar-refractivity contribution in [3.63, 3.8) is 0 Å². The van der Waals surface area contributed by atoms with E-state index in [2.05, 4.69) is 4.74 Å². The summed E-state index contributed by atoms with van der Waals surface area (Å²) >= 11 is 0. The molecule has 0 radical (unpaired) electrons. The highest BCUT2D eigenvalue weighted by Gasteiger charge is 2.31. The van der Waals surface area contributed by atoms with Gasteiger partial charge in [-0.05, 0) is 6.92 Å². The van der Waals surface area contributed by atoms with Crippen molar-refractivity contribution in [1.82, 2.24) is 0 Å². The maximum Gasteiger partial charge on any atom is 0.310 e. The van der Waals surface area contributed by atoms with Gasteiger partial charge in [0.1, 0.15) is 0 Å². The normalized spacial score (nSPS) is 16.9. The molecule has 0 fully saturated rings. The molecule has 0 saturated heterocycles. The maximum atomic E-state index is 10.8. The quantitative estimate of drug-likeness (QED) is 0.494. The summed E-state index contributed by atoms with van der Waals surface area (Å²) in [6.45, 7) is 1.32. The molecule has 4 N–H and O–H groups in total. The van der Waals surface area contributed by atoms with Crippen molar-refractivity contribution in [2.45, 2.75) is 25.5 Å². The molecule has 0 aromatic heterocycles. The lowest BCUT2D eigenvalue weighted by Crippen LogP contribution is -2.43. The Hall–Kier alpha value is -1.14. The molecular weight excluding hydrogens is 190 g/mol. The standard InChI is InChI=1S/C8H15NO5/c1-4(10)7(8(12)13)5(9)3-6(11)14-2/h4-5,7,10H,3,9H2,1-2H3,(H,12,13)/t4-,5+,7+/m0/s1. The van der Waals surface area contributed by atoms with Crippen LogP contribution in [0.2, 0.25) is 0 Å². The number of hydrogen-bond acceptors (Lipinski definition) is 5. The van der Waals surface area contributed by atoms with E-state index < -0.39 is 30.0 Å². The molecule has 0 bridgehead atoms. The van der Waals surface area contributed by atoms with Gasteiger partial charge >= 0.3 is 11.9 Å². The van der Waals surface area contributed by atoms with Gasteiger partial charge < -0.3 is 20.7 Å². The Morgan fingerprint density at radius 3 is 2.29 bits per heavy atom. The Labute approximate surface area is 81.7 Å². The highest BCUT2D eigenvalue weighted by Crippen LogP contribution is 2.11.